The minimum absolute atomic E-state index is 0.0404. The molecule has 182 valence electrons. The number of rotatable bonds is 2. The van der Waals surface area contributed by atoms with Crippen LogP contribution < -0.4 is 5.56 Å². The first-order valence-corrected chi connectivity index (χ1v) is 11.7. The summed E-state index contributed by atoms with van der Waals surface area (Å²) >= 11 is 0. The summed E-state index contributed by atoms with van der Waals surface area (Å²) in [5.41, 5.74) is 1.67. The molecule has 1 aliphatic heterocycles. The van der Waals surface area contributed by atoms with Crippen molar-refractivity contribution in [1.29, 1.82) is 0 Å². The van der Waals surface area contributed by atoms with Crippen molar-refractivity contribution in [1.82, 2.24) is 19.9 Å². The highest BCUT2D eigenvalue weighted by Gasteiger charge is 2.29. The molecule has 1 fully saturated rings. The molecule has 1 saturated heterocycles. The molecule has 0 radical (unpaired) electrons. The van der Waals surface area contributed by atoms with E-state index in [9.17, 15) is 9.59 Å². The van der Waals surface area contributed by atoms with Crippen LogP contribution >= 0.6 is 0 Å². The van der Waals surface area contributed by atoms with Crippen LogP contribution in [0.4, 0.5) is 9.18 Å². The molecule has 0 spiro atoms. The predicted molar refractivity (Wildman–Crippen MR) is 130 cm³/mol. The SMILES string of the molecule is Cc1nc2ccc(-c3cc(F)c4nc(C5CCN(C(=O)OC(C)(C)C)CC5)[nH]c(=O)c4c3)cc2o1. The molecule has 8 nitrogen and oxygen atoms in total. The van der Waals surface area contributed by atoms with Crippen LogP contribution in [0.2, 0.25) is 0 Å². The zero-order valence-electron chi connectivity index (χ0n) is 20.1. The topological polar surface area (TPSA) is 101 Å². The molecule has 1 aliphatic rings. The maximum absolute atomic E-state index is 15.2. The minimum atomic E-state index is -0.565. The first-order chi connectivity index (χ1) is 16.6. The Morgan fingerprint density at radius 3 is 2.60 bits per heavy atom. The summed E-state index contributed by atoms with van der Waals surface area (Å²) in [4.78, 5) is 38.5. The lowest BCUT2D eigenvalue weighted by Gasteiger charge is -2.33. The second-order valence-corrected chi connectivity index (χ2v) is 9.96. The lowest BCUT2D eigenvalue weighted by atomic mass is 9.95. The van der Waals surface area contributed by atoms with Crippen molar-refractivity contribution < 1.29 is 18.3 Å². The molecular formula is C26H27FN4O4. The molecule has 1 N–H and O–H groups in total. The molecule has 2 aromatic carbocycles. The third-order valence-corrected chi connectivity index (χ3v) is 6.14. The summed E-state index contributed by atoms with van der Waals surface area (Å²) in [6.45, 7) is 8.21. The first-order valence-electron chi connectivity index (χ1n) is 11.7. The standard InChI is InChI=1S/C26H27FN4O4/c1-14-28-20-6-5-16(13-21(20)34-14)17-11-18-22(19(27)12-17)29-23(30-24(18)32)15-7-9-31(10-8-15)25(33)35-26(2,3)4/h5-6,11-13,15H,7-10H2,1-4H3,(H,29,30,32). The van der Waals surface area contributed by atoms with E-state index in [1.54, 1.807) is 30.0 Å². The average molecular weight is 479 g/mol. The van der Waals surface area contributed by atoms with E-state index in [0.717, 1.165) is 5.52 Å². The van der Waals surface area contributed by atoms with Crippen molar-refractivity contribution in [2.24, 2.45) is 0 Å². The van der Waals surface area contributed by atoms with Gasteiger partial charge in [-0.15, -0.1) is 0 Å². The van der Waals surface area contributed by atoms with Gasteiger partial charge in [0.25, 0.3) is 5.56 Å². The summed E-state index contributed by atoms with van der Waals surface area (Å²) in [5.74, 6) is 0.343. The number of benzene rings is 2. The molecule has 3 heterocycles. The number of hydrogen-bond donors (Lipinski definition) is 1. The van der Waals surface area contributed by atoms with E-state index >= 15 is 4.39 Å². The van der Waals surface area contributed by atoms with Crippen molar-refractivity contribution in [3.05, 3.63) is 58.2 Å². The number of amides is 1. The molecule has 0 saturated carbocycles. The number of piperidine rings is 1. The summed E-state index contributed by atoms with van der Waals surface area (Å²) in [6.07, 6.45) is 0.849. The van der Waals surface area contributed by atoms with Crippen molar-refractivity contribution >= 4 is 28.1 Å². The Hall–Kier alpha value is -3.75. The van der Waals surface area contributed by atoms with Gasteiger partial charge in [-0.25, -0.2) is 19.2 Å². The Morgan fingerprint density at radius 2 is 1.89 bits per heavy atom. The second-order valence-electron chi connectivity index (χ2n) is 9.96. The molecule has 0 atom stereocenters. The van der Waals surface area contributed by atoms with Crippen LogP contribution in [0, 0.1) is 12.7 Å². The highest BCUT2D eigenvalue weighted by Crippen LogP contribution is 2.30. The third kappa shape index (κ3) is 4.62. The van der Waals surface area contributed by atoms with E-state index in [-0.39, 0.29) is 22.9 Å². The quantitative estimate of drug-likeness (QED) is 0.420. The molecule has 4 aromatic rings. The number of aromatic nitrogens is 3. The molecule has 0 aliphatic carbocycles. The number of fused-ring (bicyclic) bond motifs is 2. The van der Waals surface area contributed by atoms with Gasteiger partial charge in [0, 0.05) is 25.9 Å². The summed E-state index contributed by atoms with van der Waals surface area (Å²) in [7, 11) is 0. The minimum Gasteiger partial charge on any atom is -0.444 e. The number of oxazole rings is 1. The van der Waals surface area contributed by atoms with Crippen LogP contribution in [0.15, 0.2) is 39.5 Å². The summed E-state index contributed by atoms with van der Waals surface area (Å²) in [6, 6.07) is 8.43. The molecule has 0 unspecified atom stereocenters. The Labute approximate surface area is 201 Å². The highest BCUT2D eigenvalue weighted by atomic mass is 19.1. The third-order valence-electron chi connectivity index (χ3n) is 6.14. The molecule has 35 heavy (non-hydrogen) atoms. The second kappa shape index (κ2) is 8.48. The molecule has 5 rings (SSSR count). The number of halogens is 1. The number of nitrogens with one attached hydrogen (secondary N) is 1. The Bertz CT molecular complexity index is 1490. The molecule has 1 amide bonds. The Balaban J connectivity index is 1.41. The largest absolute Gasteiger partial charge is 0.444 e. The number of nitrogens with zero attached hydrogens (tertiary/aromatic N) is 3. The zero-order chi connectivity index (χ0) is 24.9. The summed E-state index contributed by atoms with van der Waals surface area (Å²) in [5, 5.41) is 0.184. The molecule has 9 heteroatoms. The lowest BCUT2D eigenvalue weighted by Crippen LogP contribution is -2.41. The van der Waals surface area contributed by atoms with E-state index in [4.69, 9.17) is 9.15 Å². The highest BCUT2D eigenvalue weighted by molar-refractivity contribution is 5.87. The monoisotopic (exact) mass is 478 g/mol. The van der Waals surface area contributed by atoms with Gasteiger partial charge in [0.05, 0.1) is 5.39 Å². The predicted octanol–water partition coefficient (Wildman–Crippen LogP) is 5.29. The van der Waals surface area contributed by atoms with E-state index < -0.39 is 17.0 Å². The number of carbonyl (C=O) groups excluding carboxylic acids is 1. The zero-order valence-corrected chi connectivity index (χ0v) is 20.1. The average Bonchev–Trinajstić information content (AvgIpc) is 3.17. The van der Waals surface area contributed by atoms with Gasteiger partial charge >= 0.3 is 6.09 Å². The Kier molecular flexibility index (Phi) is 5.57. The van der Waals surface area contributed by atoms with E-state index in [1.807, 2.05) is 26.8 Å². The van der Waals surface area contributed by atoms with E-state index in [2.05, 4.69) is 15.0 Å². The molecule has 0 bridgehead atoms. The van der Waals surface area contributed by atoms with Crippen molar-refractivity contribution in [3.8, 4) is 11.1 Å². The van der Waals surface area contributed by atoms with Gasteiger partial charge in [0.2, 0.25) is 0 Å². The summed E-state index contributed by atoms with van der Waals surface area (Å²) < 4.78 is 26.2. The van der Waals surface area contributed by atoms with E-state index in [1.165, 1.54) is 6.07 Å². The van der Waals surface area contributed by atoms with Gasteiger partial charge in [-0.05, 0) is 69.0 Å². The van der Waals surface area contributed by atoms with Crippen LogP contribution in [0.3, 0.4) is 0 Å². The van der Waals surface area contributed by atoms with Gasteiger partial charge < -0.3 is 19.0 Å². The number of carbonyl (C=O) groups is 1. The smallest absolute Gasteiger partial charge is 0.410 e. The van der Waals surface area contributed by atoms with Crippen molar-refractivity contribution in [2.45, 2.75) is 52.1 Å². The van der Waals surface area contributed by atoms with Gasteiger partial charge in [-0.3, -0.25) is 4.79 Å². The van der Waals surface area contributed by atoms with Crippen molar-refractivity contribution in [3.63, 3.8) is 0 Å². The number of hydrogen-bond acceptors (Lipinski definition) is 6. The van der Waals surface area contributed by atoms with Gasteiger partial charge in [-0.1, -0.05) is 6.07 Å². The van der Waals surface area contributed by atoms with Crippen molar-refractivity contribution in [2.75, 3.05) is 13.1 Å². The number of likely N-dealkylation sites (tertiary alicyclic amines) is 1. The maximum atomic E-state index is 15.2. The fourth-order valence-corrected chi connectivity index (χ4v) is 4.46. The van der Waals surface area contributed by atoms with Gasteiger partial charge in [0.15, 0.2) is 11.5 Å². The maximum Gasteiger partial charge on any atom is 0.410 e. The van der Waals surface area contributed by atoms with Crippen LogP contribution in [-0.4, -0.2) is 44.6 Å². The normalized spacial score (nSPS) is 15.2. The number of ether oxygens (including phenoxy) is 1. The van der Waals surface area contributed by atoms with Gasteiger partial charge in [0.1, 0.15) is 28.3 Å². The van der Waals surface area contributed by atoms with Crippen LogP contribution in [-0.2, 0) is 4.74 Å². The number of aromatic amines is 1. The van der Waals surface area contributed by atoms with Crippen LogP contribution in [0.5, 0.6) is 0 Å². The molecular weight excluding hydrogens is 451 g/mol. The number of H-pyrrole nitrogens is 1. The molecule has 2 aromatic heterocycles. The number of aryl methyl sites for hydroxylation is 1. The lowest BCUT2D eigenvalue weighted by molar-refractivity contribution is 0.0203. The van der Waals surface area contributed by atoms with Gasteiger partial charge in [-0.2, -0.15) is 0 Å². The Morgan fingerprint density at radius 1 is 1.14 bits per heavy atom. The fraction of sp³-hybridized carbons (Fsp3) is 0.385. The first kappa shape index (κ1) is 23.0. The van der Waals surface area contributed by atoms with Crippen LogP contribution in [0.25, 0.3) is 33.1 Å². The van der Waals surface area contributed by atoms with Crippen LogP contribution in [0.1, 0.15) is 51.2 Å². The van der Waals surface area contributed by atoms with E-state index in [0.29, 0.717) is 54.4 Å². The fourth-order valence-electron chi connectivity index (χ4n) is 4.46.